The smallest absolute Gasteiger partial charge is 0.318 e. The highest BCUT2D eigenvalue weighted by atomic mass is 19.4. The first kappa shape index (κ1) is 27.2. The molecule has 0 saturated heterocycles. The lowest BCUT2D eigenvalue weighted by Crippen LogP contribution is -2.52. The molecule has 5 rings (SSSR count). The van der Waals surface area contributed by atoms with Gasteiger partial charge in [-0.05, 0) is 41.0 Å². The monoisotopic (exact) mass is 551 g/mol. The quantitative estimate of drug-likeness (QED) is 0.373. The second-order valence-corrected chi connectivity index (χ2v) is 10.7. The van der Waals surface area contributed by atoms with E-state index in [0.29, 0.717) is 5.56 Å². The topological polar surface area (TPSA) is 63.0 Å². The van der Waals surface area contributed by atoms with E-state index >= 15 is 4.39 Å². The van der Waals surface area contributed by atoms with Gasteiger partial charge in [-0.2, -0.15) is 13.2 Å². The fourth-order valence-corrected chi connectivity index (χ4v) is 5.51. The van der Waals surface area contributed by atoms with E-state index in [4.69, 9.17) is 0 Å². The lowest BCUT2D eigenvalue weighted by molar-refractivity contribution is -0.151. The Hall–Kier alpha value is -3.41. The van der Waals surface area contributed by atoms with Crippen LogP contribution in [0.5, 0.6) is 0 Å². The van der Waals surface area contributed by atoms with E-state index in [0.717, 1.165) is 6.07 Å². The van der Waals surface area contributed by atoms with Crippen molar-refractivity contribution >= 4 is 11.6 Å². The number of rotatable bonds is 7. The number of benzene rings is 2. The molecule has 1 N–H and O–H groups in total. The summed E-state index contributed by atoms with van der Waals surface area (Å²) >= 11 is 0. The van der Waals surface area contributed by atoms with Crippen molar-refractivity contribution in [2.75, 3.05) is 4.90 Å². The summed E-state index contributed by atoms with van der Waals surface area (Å²) in [6.07, 6.45) is -6.90. The maximum absolute atomic E-state index is 15.8. The van der Waals surface area contributed by atoms with Crippen molar-refractivity contribution in [3.05, 3.63) is 76.4 Å². The maximum Gasteiger partial charge on any atom is 0.416 e. The van der Waals surface area contributed by atoms with Gasteiger partial charge in [-0.25, -0.2) is 13.2 Å². The van der Waals surface area contributed by atoms with E-state index < -0.39 is 48.0 Å². The lowest BCUT2D eigenvalue weighted by atomic mass is 9.59. The molecular formula is C27H27F6N5O. The highest BCUT2D eigenvalue weighted by Gasteiger charge is 2.62. The van der Waals surface area contributed by atoms with E-state index in [1.807, 2.05) is 13.8 Å². The number of hydrogen-bond donors (Lipinski definition) is 1. The molecule has 1 fully saturated rings. The van der Waals surface area contributed by atoms with Crippen LogP contribution in [0.15, 0.2) is 42.7 Å². The number of aromatic nitrogens is 3. The van der Waals surface area contributed by atoms with Crippen LogP contribution in [0.25, 0.3) is 0 Å². The zero-order valence-electron chi connectivity index (χ0n) is 21.5. The molecule has 1 aliphatic carbocycles. The van der Waals surface area contributed by atoms with Gasteiger partial charge in [0.25, 0.3) is 5.91 Å². The number of amides is 1. The molecule has 1 amide bonds. The Morgan fingerprint density at radius 3 is 2.44 bits per heavy atom. The van der Waals surface area contributed by atoms with Crippen LogP contribution in [0.3, 0.4) is 0 Å². The average molecular weight is 552 g/mol. The van der Waals surface area contributed by atoms with E-state index in [-0.39, 0.29) is 47.3 Å². The van der Waals surface area contributed by atoms with Gasteiger partial charge in [-0.15, -0.1) is 10.2 Å². The Balaban J connectivity index is 1.52. The molecule has 0 spiro atoms. The minimum atomic E-state index is -4.69. The normalized spacial score (nSPS) is 18.8. The van der Waals surface area contributed by atoms with Gasteiger partial charge in [0, 0.05) is 49.1 Å². The van der Waals surface area contributed by atoms with E-state index in [9.17, 15) is 26.7 Å². The first-order valence-electron chi connectivity index (χ1n) is 12.5. The molecule has 1 aromatic heterocycles. The Kier molecular flexibility index (Phi) is 6.52. The van der Waals surface area contributed by atoms with Crippen LogP contribution in [0.4, 0.5) is 32.0 Å². The summed E-state index contributed by atoms with van der Waals surface area (Å²) < 4.78 is 87.6. The number of nitrogens with one attached hydrogen (secondary N) is 1. The molecule has 3 aromatic rings. The van der Waals surface area contributed by atoms with Crippen molar-refractivity contribution in [1.82, 2.24) is 20.1 Å². The van der Waals surface area contributed by atoms with E-state index in [1.54, 1.807) is 0 Å². The number of aryl methyl sites for hydroxylation is 1. The molecule has 2 heterocycles. The maximum atomic E-state index is 15.8. The first-order chi connectivity index (χ1) is 18.2. The predicted molar refractivity (Wildman–Crippen MR) is 131 cm³/mol. The van der Waals surface area contributed by atoms with Crippen molar-refractivity contribution in [1.29, 1.82) is 0 Å². The van der Waals surface area contributed by atoms with Gasteiger partial charge in [-0.1, -0.05) is 26.0 Å². The number of alkyl halides is 6. The van der Waals surface area contributed by atoms with Crippen LogP contribution >= 0.6 is 0 Å². The molecule has 39 heavy (non-hydrogen) atoms. The van der Waals surface area contributed by atoms with Crippen LogP contribution in [-0.2, 0) is 31.7 Å². The van der Waals surface area contributed by atoms with Crippen molar-refractivity contribution in [2.24, 2.45) is 7.05 Å². The van der Waals surface area contributed by atoms with Gasteiger partial charge in [0.15, 0.2) is 12.0 Å². The van der Waals surface area contributed by atoms with Crippen LogP contribution in [-0.4, -0.2) is 32.6 Å². The molecular weight excluding hydrogens is 524 g/mol. The number of hydrogen-bond acceptors (Lipinski definition) is 4. The van der Waals surface area contributed by atoms with Crippen LogP contribution < -0.4 is 10.2 Å². The second kappa shape index (κ2) is 9.35. The largest absolute Gasteiger partial charge is 0.416 e. The van der Waals surface area contributed by atoms with E-state index in [1.165, 1.54) is 53.2 Å². The van der Waals surface area contributed by atoms with Gasteiger partial charge >= 0.3 is 6.18 Å². The second-order valence-electron chi connectivity index (χ2n) is 10.7. The molecule has 2 aliphatic rings. The first-order valence-corrected chi connectivity index (χ1v) is 12.5. The minimum absolute atomic E-state index is 0.0228. The van der Waals surface area contributed by atoms with Crippen molar-refractivity contribution in [2.45, 2.75) is 69.5 Å². The predicted octanol–water partition coefficient (Wildman–Crippen LogP) is 5.87. The number of nitrogens with zero attached hydrogens (tertiary/aromatic N) is 4. The highest BCUT2D eigenvalue weighted by molar-refractivity contribution is 6.10. The summed E-state index contributed by atoms with van der Waals surface area (Å²) in [5.74, 6) is -3.85. The van der Waals surface area contributed by atoms with Gasteiger partial charge < -0.3 is 14.8 Å². The molecule has 0 unspecified atom stereocenters. The van der Waals surface area contributed by atoms with E-state index in [2.05, 4.69) is 15.5 Å². The number of anilines is 1. The standard InChI is InChI=1S/C27H27F6N5O/c1-15(2)34-10-16-7-19-20(21(8-16)27(31,32)33)11-38(24(19)39)18-6-4-5-17(9-18)25(12-26(29,30)13-25)22(28)23-36-35-14-37(23)3/h4-9,14-15,22,34H,10-13H2,1-3H3/t22-/m1/s1. The summed E-state index contributed by atoms with van der Waals surface area (Å²) in [7, 11) is 1.51. The van der Waals surface area contributed by atoms with Gasteiger partial charge in [0.05, 0.1) is 12.1 Å². The van der Waals surface area contributed by atoms with Crippen LogP contribution in [0, 0.1) is 0 Å². The fraction of sp³-hybridized carbons (Fsp3) is 0.444. The number of fused-ring (bicyclic) bond motifs is 1. The molecule has 1 saturated carbocycles. The Bertz CT molecular complexity index is 1410. The number of halogens is 6. The summed E-state index contributed by atoms with van der Waals surface area (Å²) in [4.78, 5) is 14.6. The zero-order chi connectivity index (χ0) is 28.3. The van der Waals surface area contributed by atoms with Crippen LogP contribution in [0.2, 0.25) is 0 Å². The van der Waals surface area contributed by atoms with Gasteiger partial charge in [0.1, 0.15) is 6.33 Å². The summed E-state index contributed by atoms with van der Waals surface area (Å²) in [5, 5.41) is 10.5. The summed E-state index contributed by atoms with van der Waals surface area (Å²) in [6, 6.07) is 8.41. The summed E-state index contributed by atoms with van der Waals surface area (Å²) in [5.41, 5.74) is -2.02. The molecule has 0 bridgehead atoms. The third-order valence-electron chi connectivity index (χ3n) is 7.46. The fourth-order valence-electron chi connectivity index (χ4n) is 5.51. The highest BCUT2D eigenvalue weighted by Crippen LogP contribution is 2.60. The zero-order valence-corrected chi connectivity index (χ0v) is 21.5. The van der Waals surface area contributed by atoms with Crippen molar-refractivity contribution < 1.29 is 31.1 Å². The lowest BCUT2D eigenvalue weighted by Gasteiger charge is -2.49. The molecule has 208 valence electrons. The number of carbonyl (C=O) groups excluding carboxylic acids is 1. The van der Waals surface area contributed by atoms with Crippen molar-refractivity contribution in [3.63, 3.8) is 0 Å². The molecule has 2 aromatic carbocycles. The SMILES string of the molecule is CC(C)NCc1cc2c(c(C(F)(F)F)c1)CN(c1cccc(C3([C@H](F)c4nncn4C)CC(F)(F)C3)c1)C2=O. The molecule has 12 heteroatoms. The average Bonchev–Trinajstić information content (AvgIpc) is 3.42. The third kappa shape index (κ3) is 4.79. The Labute approximate surface area is 221 Å². The minimum Gasteiger partial charge on any atom is -0.318 e. The Morgan fingerprint density at radius 2 is 1.85 bits per heavy atom. The Morgan fingerprint density at radius 1 is 1.13 bits per heavy atom. The van der Waals surface area contributed by atoms with Gasteiger partial charge in [0.2, 0.25) is 5.92 Å². The third-order valence-corrected chi connectivity index (χ3v) is 7.46. The number of carbonyl (C=O) groups is 1. The van der Waals surface area contributed by atoms with Crippen LogP contribution in [0.1, 0.15) is 71.3 Å². The molecule has 0 radical (unpaired) electrons. The molecule has 6 nitrogen and oxygen atoms in total. The van der Waals surface area contributed by atoms with Crippen molar-refractivity contribution in [3.8, 4) is 0 Å². The molecule has 1 atom stereocenters. The summed E-state index contributed by atoms with van der Waals surface area (Å²) in [6.45, 7) is 3.51. The molecule has 1 aliphatic heterocycles. The van der Waals surface area contributed by atoms with Gasteiger partial charge in [-0.3, -0.25) is 4.79 Å².